The Hall–Kier alpha value is -4.16. The van der Waals surface area contributed by atoms with Crippen LogP contribution in [0.15, 0.2) is 108 Å². The Bertz CT molecular complexity index is 1980. The molecule has 0 aliphatic heterocycles. The first-order valence-electron chi connectivity index (χ1n) is 16.3. The van der Waals surface area contributed by atoms with Crippen LogP contribution in [0.25, 0.3) is 55.2 Å². The highest BCUT2D eigenvalue weighted by Gasteiger charge is 2.47. The Labute approximate surface area is 255 Å². The third-order valence-corrected chi connectivity index (χ3v) is 10.5. The van der Waals surface area contributed by atoms with Crippen LogP contribution in [0.1, 0.15) is 87.5 Å². The fraction of sp³-hybridized carbons (Fsp3) is 0.256. The van der Waals surface area contributed by atoms with Crippen LogP contribution >= 0.6 is 0 Å². The molecule has 0 spiro atoms. The van der Waals surface area contributed by atoms with Crippen molar-refractivity contribution in [3.05, 3.63) is 130 Å². The van der Waals surface area contributed by atoms with Crippen LogP contribution in [0.3, 0.4) is 0 Å². The van der Waals surface area contributed by atoms with Crippen LogP contribution in [-0.2, 0) is 0 Å². The van der Waals surface area contributed by atoms with E-state index in [-0.39, 0.29) is 5.41 Å². The molecule has 2 unspecified atom stereocenters. The summed E-state index contributed by atoms with van der Waals surface area (Å²) < 4.78 is 0. The predicted molar refractivity (Wildman–Crippen MR) is 188 cm³/mol. The molecule has 0 saturated carbocycles. The van der Waals surface area contributed by atoms with Gasteiger partial charge in [-0.3, -0.25) is 0 Å². The van der Waals surface area contributed by atoms with E-state index in [0.717, 1.165) is 25.7 Å². The third-order valence-electron chi connectivity index (χ3n) is 10.5. The second-order valence-corrected chi connectivity index (χ2v) is 13.5. The van der Waals surface area contributed by atoms with Crippen LogP contribution in [0.5, 0.6) is 0 Å². The fourth-order valence-corrected chi connectivity index (χ4v) is 8.97. The molecule has 0 N–H and O–H groups in total. The van der Waals surface area contributed by atoms with E-state index < -0.39 is 0 Å². The summed E-state index contributed by atoms with van der Waals surface area (Å²) in [4.78, 5) is 0. The van der Waals surface area contributed by atoms with Gasteiger partial charge < -0.3 is 0 Å². The maximum atomic E-state index is 2.59. The lowest BCUT2D eigenvalue weighted by atomic mass is 9.60. The van der Waals surface area contributed by atoms with E-state index in [4.69, 9.17) is 0 Å². The molecule has 212 valence electrons. The first-order chi connectivity index (χ1) is 21.0. The van der Waals surface area contributed by atoms with Gasteiger partial charge in [-0.1, -0.05) is 161 Å². The van der Waals surface area contributed by atoms with Crippen molar-refractivity contribution in [2.75, 3.05) is 0 Å². The average Bonchev–Trinajstić information content (AvgIpc) is 3.60. The SMILES string of the molecule is CCCC1=Cc2ccc3ccc4ccccc4c3c2C1C(C)(C)C1C(CCC)=Cc2ccc3ccc4ccccc4c3c21. The molecule has 43 heavy (non-hydrogen) atoms. The number of hydrogen-bond donors (Lipinski definition) is 0. The first-order valence-corrected chi connectivity index (χ1v) is 16.3. The molecule has 6 aromatic carbocycles. The van der Waals surface area contributed by atoms with Crippen LogP contribution in [0.2, 0.25) is 0 Å². The minimum absolute atomic E-state index is 0.0328. The molecule has 0 bridgehead atoms. The molecular weight excluding hydrogens is 516 g/mol. The first kappa shape index (κ1) is 26.5. The summed E-state index contributed by atoms with van der Waals surface area (Å²) in [5.74, 6) is 0.691. The van der Waals surface area contributed by atoms with Gasteiger partial charge in [-0.25, -0.2) is 0 Å². The van der Waals surface area contributed by atoms with E-state index in [1.807, 2.05) is 0 Å². The van der Waals surface area contributed by atoms with E-state index in [2.05, 4.69) is 137 Å². The molecule has 0 radical (unpaired) electrons. The zero-order valence-electron chi connectivity index (χ0n) is 25.9. The van der Waals surface area contributed by atoms with Crippen LogP contribution in [-0.4, -0.2) is 0 Å². The van der Waals surface area contributed by atoms with Gasteiger partial charge in [0.15, 0.2) is 0 Å². The standard InChI is InChI=1S/C43H40/c1-5-11-33-25-31-23-21-29-19-17-27-13-7-9-15-35(27)37(29)39(31)41(33)43(3,4)42-34(12-6-2)26-32-24-22-30-20-18-28-14-8-10-16-36(28)38(30)40(32)42/h7-10,13-26,41-42H,5-6,11-12H2,1-4H3. The molecule has 6 aromatic rings. The monoisotopic (exact) mass is 556 g/mol. The molecule has 0 fully saturated rings. The molecule has 2 atom stereocenters. The molecule has 8 rings (SSSR count). The zero-order valence-corrected chi connectivity index (χ0v) is 25.9. The summed E-state index contributed by atoms with van der Waals surface area (Å²) in [5, 5.41) is 11.1. The highest BCUT2D eigenvalue weighted by atomic mass is 14.5. The summed E-state index contributed by atoms with van der Waals surface area (Å²) >= 11 is 0. The van der Waals surface area contributed by atoms with E-state index in [1.54, 1.807) is 22.3 Å². The van der Waals surface area contributed by atoms with Gasteiger partial charge in [-0.05, 0) is 83.6 Å². The van der Waals surface area contributed by atoms with Gasteiger partial charge in [-0.15, -0.1) is 0 Å². The van der Waals surface area contributed by atoms with Gasteiger partial charge in [0.2, 0.25) is 0 Å². The van der Waals surface area contributed by atoms with Gasteiger partial charge in [0.25, 0.3) is 0 Å². The molecule has 0 amide bonds. The maximum Gasteiger partial charge on any atom is 0.0124 e. The highest BCUT2D eigenvalue weighted by molar-refractivity contribution is 6.12. The van der Waals surface area contributed by atoms with Gasteiger partial charge >= 0.3 is 0 Å². The average molecular weight is 557 g/mol. The lowest BCUT2D eigenvalue weighted by Gasteiger charge is -2.43. The molecular formula is C43H40. The minimum atomic E-state index is -0.0328. The van der Waals surface area contributed by atoms with Gasteiger partial charge in [0, 0.05) is 11.8 Å². The Balaban J connectivity index is 1.43. The Morgan fingerprint density at radius 3 is 1.33 bits per heavy atom. The van der Waals surface area contributed by atoms with E-state index in [1.165, 1.54) is 54.2 Å². The normalized spacial score (nSPS) is 18.0. The van der Waals surface area contributed by atoms with Gasteiger partial charge in [-0.2, -0.15) is 0 Å². The summed E-state index contributed by atoms with van der Waals surface area (Å²) in [6.45, 7) is 9.86. The number of hydrogen-bond acceptors (Lipinski definition) is 0. The summed E-state index contributed by atoms with van der Waals surface area (Å²) in [7, 11) is 0. The lowest BCUT2D eigenvalue weighted by Crippen LogP contribution is -2.31. The van der Waals surface area contributed by atoms with Crippen molar-refractivity contribution in [1.29, 1.82) is 0 Å². The smallest absolute Gasteiger partial charge is 0.0124 e. The van der Waals surface area contributed by atoms with Crippen molar-refractivity contribution in [2.45, 2.75) is 65.2 Å². The fourth-order valence-electron chi connectivity index (χ4n) is 8.97. The molecule has 2 aliphatic carbocycles. The molecule has 0 saturated heterocycles. The van der Waals surface area contributed by atoms with Gasteiger partial charge in [0.05, 0.1) is 0 Å². The van der Waals surface area contributed by atoms with E-state index >= 15 is 0 Å². The van der Waals surface area contributed by atoms with Crippen molar-refractivity contribution in [2.24, 2.45) is 5.41 Å². The summed E-state index contributed by atoms with van der Waals surface area (Å²) in [6.07, 6.45) is 9.73. The van der Waals surface area contributed by atoms with Crippen molar-refractivity contribution in [3.63, 3.8) is 0 Å². The third kappa shape index (κ3) is 3.89. The Morgan fingerprint density at radius 2 is 0.884 bits per heavy atom. The number of benzene rings is 6. The quantitative estimate of drug-likeness (QED) is 0.179. The highest BCUT2D eigenvalue weighted by Crippen LogP contribution is 2.62. The Kier molecular flexibility index (Phi) is 6.12. The van der Waals surface area contributed by atoms with Crippen molar-refractivity contribution < 1.29 is 0 Å². The minimum Gasteiger partial charge on any atom is -0.0651 e. The second-order valence-electron chi connectivity index (χ2n) is 13.5. The summed E-state index contributed by atoms with van der Waals surface area (Å²) in [6, 6.07) is 36.8. The van der Waals surface area contributed by atoms with Crippen LogP contribution in [0.4, 0.5) is 0 Å². The maximum absolute atomic E-state index is 2.59. The van der Waals surface area contributed by atoms with Crippen molar-refractivity contribution >= 4 is 55.2 Å². The lowest BCUT2D eigenvalue weighted by molar-refractivity contribution is 0.270. The van der Waals surface area contributed by atoms with Gasteiger partial charge in [0.1, 0.15) is 0 Å². The zero-order chi connectivity index (χ0) is 29.3. The van der Waals surface area contributed by atoms with Crippen molar-refractivity contribution in [1.82, 2.24) is 0 Å². The van der Waals surface area contributed by atoms with Crippen LogP contribution < -0.4 is 0 Å². The number of allylic oxidation sites excluding steroid dienone is 2. The molecule has 0 heteroatoms. The molecule has 0 nitrogen and oxygen atoms in total. The number of rotatable bonds is 6. The largest absolute Gasteiger partial charge is 0.0651 e. The number of fused-ring (bicyclic) bond motifs is 10. The Morgan fingerprint density at radius 1 is 0.488 bits per heavy atom. The topological polar surface area (TPSA) is 0 Å². The molecule has 2 aliphatic rings. The van der Waals surface area contributed by atoms with E-state index in [9.17, 15) is 0 Å². The summed E-state index contributed by atoms with van der Waals surface area (Å²) in [5.41, 5.74) is 9.14. The molecule has 0 aromatic heterocycles. The van der Waals surface area contributed by atoms with Crippen LogP contribution in [0, 0.1) is 5.41 Å². The second kappa shape index (κ2) is 9.95. The van der Waals surface area contributed by atoms with E-state index in [0.29, 0.717) is 11.8 Å². The predicted octanol–water partition coefficient (Wildman–Crippen LogP) is 12.6. The molecule has 0 heterocycles. The van der Waals surface area contributed by atoms with Crippen molar-refractivity contribution in [3.8, 4) is 0 Å².